The molecule has 0 aliphatic heterocycles. The molecule has 6 heteroatoms. The first-order valence-corrected chi connectivity index (χ1v) is 7.59. The summed E-state index contributed by atoms with van der Waals surface area (Å²) in [4.78, 5) is 0. The fourth-order valence-corrected chi connectivity index (χ4v) is 3.35. The molecule has 1 aromatic carbocycles. The maximum Gasteiger partial charge on any atom is 0.416 e. The Hall–Kier alpha value is -0.850. The molecule has 0 saturated carbocycles. The smallest absolute Gasteiger partial charge is 0.309 e. The van der Waals surface area contributed by atoms with Crippen LogP contribution >= 0.6 is 27.3 Å². The molecule has 20 heavy (non-hydrogen) atoms. The molecule has 0 aliphatic carbocycles. The van der Waals surface area contributed by atoms with Gasteiger partial charge in [-0.15, -0.1) is 11.3 Å². The summed E-state index contributed by atoms with van der Waals surface area (Å²) in [5.74, 6) is 0. The highest BCUT2D eigenvalue weighted by Crippen LogP contribution is 2.34. The quantitative estimate of drug-likeness (QED) is 0.795. The molecule has 2 aromatic rings. The molecule has 108 valence electrons. The van der Waals surface area contributed by atoms with Gasteiger partial charge in [-0.3, -0.25) is 0 Å². The van der Waals surface area contributed by atoms with Gasteiger partial charge in [0, 0.05) is 0 Å². The first-order valence-electron chi connectivity index (χ1n) is 5.92. The van der Waals surface area contributed by atoms with Gasteiger partial charge in [-0.2, -0.15) is 13.2 Å². The van der Waals surface area contributed by atoms with Crippen molar-refractivity contribution in [3.05, 3.63) is 55.7 Å². The fraction of sp³-hybridized carbons (Fsp3) is 0.286. The van der Waals surface area contributed by atoms with Gasteiger partial charge in [0.1, 0.15) is 0 Å². The number of thiophene rings is 1. The van der Waals surface area contributed by atoms with E-state index in [2.05, 4.69) is 21.2 Å². The minimum atomic E-state index is -4.30. The van der Waals surface area contributed by atoms with Crippen molar-refractivity contribution in [1.29, 1.82) is 0 Å². The lowest BCUT2D eigenvalue weighted by Gasteiger charge is -2.19. The lowest BCUT2D eigenvalue weighted by molar-refractivity contribution is -0.137. The molecule has 2 rings (SSSR count). The molecule has 1 aromatic heterocycles. The van der Waals surface area contributed by atoms with Gasteiger partial charge in [0.15, 0.2) is 0 Å². The van der Waals surface area contributed by atoms with Crippen LogP contribution in [-0.4, -0.2) is 7.05 Å². The molecule has 0 bridgehead atoms. The largest absolute Gasteiger partial charge is 0.416 e. The molecule has 0 amide bonds. The molecular weight excluding hydrogens is 351 g/mol. The first kappa shape index (κ1) is 15.5. The van der Waals surface area contributed by atoms with Crippen molar-refractivity contribution in [2.24, 2.45) is 0 Å². The predicted molar refractivity (Wildman–Crippen MR) is 79.1 cm³/mol. The average Bonchev–Trinajstić information content (AvgIpc) is 2.77. The SMILES string of the molecule is CNC(c1csc(Br)c1)c1ccc(C(F)(F)F)cc1C. The monoisotopic (exact) mass is 363 g/mol. The molecule has 1 heterocycles. The average molecular weight is 364 g/mol. The Balaban J connectivity index is 2.41. The normalized spacial score (nSPS) is 13.5. The van der Waals surface area contributed by atoms with Gasteiger partial charge in [-0.25, -0.2) is 0 Å². The third kappa shape index (κ3) is 3.24. The van der Waals surface area contributed by atoms with Gasteiger partial charge in [0.2, 0.25) is 0 Å². The molecule has 0 aliphatic rings. The van der Waals surface area contributed by atoms with E-state index in [9.17, 15) is 13.2 Å². The lowest BCUT2D eigenvalue weighted by atomic mass is 9.95. The van der Waals surface area contributed by atoms with Gasteiger partial charge in [0.25, 0.3) is 0 Å². The van der Waals surface area contributed by atoms with E-state index in [1.807, 2.05) is 11.4 Å². The Bertz CT molecular complexity index is 607. The number of nitrogens with one attached hydrogen (secondary N) is 1. The minimum Gasteiger partial charge on any atom is -0.309 e. The van der Waals surface area contributed by atoms with Crippen LogP contribution in [0.25, 0.3) is 0 Å². The van der Waals surface area contributed by atoms with Gasteiger partial charge < -0.3 is 5.32 Å². The van der Waals surface area contributed by atoms with Crippen molar-refractivity contribution in [3.63, 3.8) is 0 Å². The highest BCUT2D eigenvalue weighted by molar-refractivity contribution is 9.11. The minimum absolute atomic E-state index is 0.111. The van der Waals surface area contributed by atoms with E-state index in [0.29, 0.717) is 5.56 Å². The molecule has 1 atom stereocenters. The maximum absolute atomic E-state index is 12.7. The Morgan fingerprint density at radius 2 is 1.95 bits per heavy atom. The topological polar surface area (TPSA) is 12.0 Å². The van der Waals surface area contributed by atoms with E-state index in [1.165, 1.54) is 6.07 Å². The summed E-state index contributed by atoms with van der Waals surface area (Å²) in [5, 5.41) is 5.14. The fourth-order valence-electron chi connectivity index (χ4n) is 2.15. The second-order valence-corrected chi connectivity index (χ2v) is 6.77. The number of benzene rings is 1. The van der Waals surface area contributed by atoms with Gasteiger partial charge in [-0.1, -0.05) is 6.07 Å². The Kier molecular flexibility index (Phi) is 4.56. The van der Waals surface area contributed by atoms with Crippen molar-refractivity contribution in [2.75, 3.05) is 7.05 Å². The molecule has 1 nitrogen and oxygen atoms in total. The van der Waals surface area contributed by atoms with Crippen LogP contribution in [0.3, 0.4) is 0 Å². The second kappa shape index (κ2) is 5.87. The third-order valence-corrected chi connectivity index (χ3v) is 4.64. The van der Waals surface area contributed by atoms with Crippen molar-refractivity contribution in [2.45, 2.75) is 19.1 Å². The zero-order chi connectivity index (χ0) is 14.9. The Labute approximate surface area is 128 Å². The number of alkyl halides is 3. The summed E-state index contributed by atoms with van der Waals surface area (Å²) in [6, 6.07) is 5.74. The highest BCUT2D eigenvalue weighted by Gasteiger charge is 2.31. The summed E-state index contributed by atoms with van der Waals surface area (Å²) in [5.41, 5.74) is 1.90. The third-order valence-electron chi connectivity index (χ3n) is 3.12. The van der Waals surface area contributed by atoms with E-state index in [1.54, 1.807) is 31.4 Å². The van der Waals surface area contributed by atoms with Crippen LogP contribution in [0.1, 0.15) is 28.3 Å². The van der Waals surface area contributed by atoms with Crippen molar-refractivity contribution >= 4 is 27.3 Å². The van der Waals surface area contributed by atoms with Crippen LogP contribution in [0.4, 0.5) is 13.2 Å². The number of halogens is 4. The summed E-state index contributed by atoms with van der Waals surface area (Å²) in [7, 11) is 1.80. The van der Waals surface area contributed by atoms with Gasteiger partial charge >= 0.3 is 6.18 Å². The summed E-state index contributed by atoms with van der Waals surface area (Å²) in [6.07, 6.45) is -4.30. The van der Waals surface area contributed by atoms with Gasteiger partial charge in [0.05, 0.1) is 15.4 Å². The first-order chi connectivity index (χ1) is 9.32. The molecule has 0 saturated heterocycles. The predicted octanol–water partition coefficient (Wildman–Crippen LogP) is 5.15. The van der Waals surface area contributed by atoms with Crippen molar-refractivity contribution in [1.82, 2.24) is 5.32 Å². The molecule has 1 N–H and O–H groups in total. The van der Waals surface area contributed by atoms with Crippen LogP contribution in [0, 0.1) is 6.92 Å². The van der Waals surface area contributed by atoms with E-state index in [-0.39, 0.29) is 6.04 Å². The van der Waals surface area contributed by atoms with E-state index in [0.717, 1.165) is 21.0 Å². The van der Waals surface area contributed by atoms with Crippen molar-refractivity contribution < 1.29 is 13.2 Å². The van der Waals surface area contributed by atoms with Crippen LogP contribution in [0.15, 0.2) is 33.4 Å². The van der Waals surface area contributed by atoms with Crippen LogP contribution in [0.5, 0.6) is 0 Å². The van der Waals surface area contributed by atoms with E-state index < -0.39 is 11.7 Å². The second-order valence-electron chi connectivity index (χ2n) is 4.47. The van der Waals surface area contributed by atoms with Crippen LogP contribution in [0.2, 0.25) is 0 Å². The van der Waals surface area contributed by atoms with Crippen LogP contribution in [-0.2, 0) is 6.18 Å². The number of rotatable bonds is 3. The molecule has 1 unspecified atom stereocenters. The molecule has 0 radical (unpaired) electrons. The zero-order valence-corrected chi connectivity index (χ0v) is 13.3. The van der Waals surface area contributed by atoms with E-state index in [4.69, 9.17) is 0 Å². The lowest BCUT2D eigenvalue weighted by Crippen LogP contribution is -2.18. The van der Waals surface area contributed by atoms with Gasteiger partial charge in [-0.05, 0) is 70.2 Å². The summed E-state index contributed by atoms with van der Waals surface area (Å²) >= 11 is 4.95. The highest BCUT2D eigenvalue weighted by atomic mass is 79.9. The van der Waals surface area contributed by atoms with Crippen LogP contribution < -0.4 is 5.32 Å². The molecule has 0 spiro atoms. The standard InChI is InChI=1S/C14H13BrF3NS/c1-8-5-10(14(16,17)18)3-4-11(8)13(19-2)9-6-12(15)20-7-9/h3-7,13,19H,1-2H3. The number of aryl methyl sites for hydroxylation is 1. The Morgan fingerprint density at radius 3 is 2.40 bits per heavy atom. The number of hydrogen-bond donors (Lipinski definition) is 1. The van der Waals surface area contributed by atoms with E-state index >= 15 is 0 Å². The maximum atomic E-state index is 12.7. The summed E-state index contributed by atoms with van der Waals surface area (Å²) in [6.45, 7) is 1.70. The number of hydrogen-bond acceptors (Lipinski definition) is 2. The Morgan fingerprint density at radius 1 is 1.25 bits per heavy atom. The molecular formula is C14H13BrF3NS. The molecule has 0 fully saturated rings. The zero-order valence-electron chi connectivity index (χ0n) is 10.9. The summed E-state index contributed by atoms with van der Waals surface area (Å²) < 4.78 is 39.1. The van der Waals surface area contributed by atoms with Crippen molar-refractivity contribution in [3.8, 4) is 0 Å².